The Morgan fingerprint density at radius 1 is 0.737 bits per heavy atom. The van der Waals surface area contributed by atoms with Crippen molar-refractivity contribution in [1.82, 2.24) is 0 Å². The zero-order valence-corrected chi connectivity index (χ0v) is 8.86. The molecular formula is C8H5F11. The van der Waals surface area contributed by atoms with Gasteiger partial charge in [0.1, 0.15) is 0 Å². The molecular weight excluding hydrogens is 305 g/mol. The molecule has 11 heteroatoms. The summed E-state index contributed by atoms with van der Waals surface area (Å²) in [7, 11) is 0. The summed E-state index contributed by atoms with van der Waals surface area (Å²) in [6.45, 7) is -0.263. The van der Waals surface area contributed by atoms with E-state index < -0.39 is 42.0 Å². The van der Waals surface area contributed by atoms with Crippen LogP contribution >= 0.6 is 0 Å². The topological polar surface area (TPSA) is 0 Å². The molecule has 0 radical (unpaired) electrons. The fraction of sp³-hybridized carbons (Fsp3) is 0.750. The second-order valence-corrected chi connectivity index (χ2v) is 3.47. The van der Waals surface area contributed by atoms with Gasteiger partial charge in [0.2, 0.25) is 0 Å². The van der Waals surface area contributed by atoms with Crippen molar-refractivity contribution < 1.29 is 48.3 Å². The van der Waals surface area contributed by atoms with Gasteiger partial charge in [0.05, 0.1) is 6.42 Å². The molecule has 0 aliphatic rings. The highest BCUT2D eigenvalue weighted by atomic mass is 19.4. The first-order valence-electron chi connectivity index (χ1n) is 4.29. The molecule has 19 heavy (non-hydrogen) atoms. The summed E-state index contributed by atoms with van der Waals surface area (Å²) < 4.78 is 133. The SMILES string of the molecule is C/C(=C(\CC(F)(F)F)C(F)(F)C(F)(F)F)C(F)(F)F. The number of rotatable bonds is 2. The molecule has 0 unspecified atom stereocenters. The maximum Gasteiger partial charge on any atom is 0.457 e. The lowest BCUT2D eigenvalue weighted by molar-refractivity contribution is -0.270. The molecule has 114 valence electrons. The smallest absolute Gasteiger partial charge is 0.191 e. The van der Waals surface area contributed by atoms with Gasteiger partial charge in [-0.1, -0.05) is 0 Å². The Bertz CT molecular complexity index is 350. The highest BCUT2D eigenvalue weighted by Crippen LogP contribution is 2.48. The molecule has 0 bridgehead atoms. The normalized spacial score (nSPS) is 16.4. The van der Waals surface area contributed by atoms with E-state index in [1.807, 2.05) is 0 Å². The van der Waals surface area contributed by atoms with Crippen LogP contribution in [0.1, 0.15) is 13.3 Å². The van der Waals surface area contributed by atoms with Crippen molar-refractivity contribution in [3.8, 4) is 0 Å². The molecule has 0 nitrogen and oxygen atoms in total. The van der Waals surface area contributed by atoms with Gasteiger partial charge < -0.3 is 0 Å². The lowest BCUT2D eigenvalue weighted by atomic mass is 9.98. The number of allylic oxidation sites excluding steroid dienone is 2. The van der Waals surface area contributed by atoms with E-state index >= 15 is 0 Å². The highest BCUT2D eigenvalue weighted by Gasteiger charge is 2.63. The van der Waals surface area contributed by atoms with Gasteiger partial charge in [0, 0.05) is 11.1 Å². The van der Waals surface area contributed by atoms with Gasteiger partial charge in [-0.15, -0.1) is 0 Å². The van der Waals surface area contributed by atoms with Crippen LogP contribution in [0.3, 0.4) is 0 Å². The Morgan fingerprint density at radius 2 is 1.11 bits per heavy atom. The van der Waals surface area contributed by atoms with Gasteiger partial charge in [-0.25, -0.2) is 0 Å². The fourth-order valence-corrected chi connectivity index (χ4v) is 1.02. The number of hydrogen-bond acceptors (Lipinski definition) is 0. The van der Waals surface area contributed by atoms with Crippen molar-refractivity contribution in [1.29, 1.82) is 0 Å². The van der Waals surface area contributed by atoms with Crippen molar-refractivity contribution in [2.75, 3.05) is 0 Å². The van der Waals surface area contributed by atoms with Crippen LogP contribution < -0.4 is 0 Å². The summed E-state index contributed by atoms with van der Waals surface area (Å²) in [4.78, 5) is 0. The molecule has 0 aliphatic heterocycles. The van der Waals surface area contributed by atoms with E-state index in [-0.39, 0.29) is 6.92 Å². The van der Waals surface area contributed by atoms with E-state index in [4.69, 9.17) is 0 Å². The number of hydrogen-bond donors (Lipinski definition) is 0. The third-order valence-corrected chi connectivity index (χ3v) is 1.99. The van der Waals surface area contributed by atoms with E-state index in [0.717, 1.165) is 0 Å². The molecule has 0 spiro atoms. The second kappa shape index (κ2) is 4.82. The standard InChI is InChI=1S/C8H5F11/c1-3(7(14,15)16)4(2-5(9,10)11)6(12,13)8(17,18)19/h2H2,1H3/b4-3-. The molecule has 0 aromatic carbocycles. The number of halogens is 11. The lowest BCUT2D eigenvalue weighted by Crippen LogP contribution is -2.41. The van der Waals surface area contributed by atoms with Gasteiger partial charge in [-0.3, -0.25) is 0 Å². The summed E-state index contributed by atoms with van der Waals surface area (Å²) in [6, 6.07) is 0. The monoisotopic (exact) mass is 310 g/mol. The number of alkyl halides is 11. The first-order chi connectivity index (χ1) is 8.00. The van der Waals surface area contributed by atoms with Crippen LogP contribution in [-0.2, 0) is 0 Å². The average molecular weight is 310 g/mol. The van der Waals surface area contributed by atoms with Crippen molar-refractivity contribution in [3.05, 3.63) is 11.1 Å². The van der Waals surface area contributed by atoms with Crippen LogP contribution in [0.2, 0.25) is 0 Å². The Hall–Kier alpha value is -1.03. The minimum atomic E-state index is -6.56. The van der Waals surface area contributed by atoms with Crippen LogP contribution in [0.25, 0.3) is 0 Å². The van der Waals surface area contributed by atoms with E-state index in [9.17, 15) is 48.3 Å². The summed E-state index contributed by atoms with van der Waals surface area (Å²) in [6.07, 6.45) is -20.9. The van der Waals surface area contributed by atoms with Gasteiger partial charge in [-0.05, 0) is 6.92 Å². The van der Waals surface area contributed by atoms with Gasteiger partial charge in [-0.2, -0.15) is 48.3 Å². The van der Waals surface area contributed by atoms with Crippen molar-refractivity contribution >= 4 is 0 Å². The van der Waals surface area contributed by atoms with Gasteiger partial charge >= 0.3 is 24.5 Å². The Balaban J connectivity index is 5.97. The van der Waals surface area contributed by atoms with E-state index in [1.165, 1.54) is 0 Å². The second-order valence-electron chi connectivity index (χ2n) is 3.47. The van der Waals surface area contributed by atoms with Crippen LogP contribution in [0.5, 0.6) is 0 Å². The largest absolute Gasteiger partial charge is 0.457 e. The molecule has 0 aromatic rings. The third kappa shape index (κ3) is 4.53. The van der Waals surface area contributed by atoms with Crippen molar-refractivity contribution in [2.45, 2.75) is 37.8 Å². The summed E-state index contributed by atoms with van der Waals surface area (Å²) >= 11 is 0. The zero-order valence-electron chi connectivity index (χ0n) is 8.86. The lowest BCUT2D eigenvalue weighted by Gasteiger charge is -2.26. The molecule has 0 aliphatic carbocycles. The maximum atomic E-state index is 12.7. The fourth-order valence-electron chi connectivity index (χ4n) is 1.02. The Kier molecular flexibility index (Phi) is 4.56. The van der Waals surface area contributed by atoms with E-state index in [2.05, 4.69) is 0 Å². The summed E-state index contributed by atoms with van der Waals surface area (Å²) in [5.74, 6) is -6.22. The molecule has 0 fully saturated rings. The molecule has 0 atom stereocenters. The van der Waals surface area contributed by atoms with Crippen LogP contribution in [-0.4, -0.2) is 24.5 Å². The Labute approximate surface area is 98.4 Å². The molecule has 0 rings (SSSR count). The molecule has 0 aromatic heterocycles. The molecule has 0 saturated heterocycles. The van der Waals surface area contributed by atoms with Crippen LogP contribution in [0.4, 0.5) is 48.3 Å². The third-order valence-electron chi connectivity index (χ3n) is 1.99. The van der Waals surface area contributed by atoms with Gasteiger partial charge in [0.25, 0.3) is 0 Å². The maximum absolute atomic E-state index is 12.7. The van der Waals surface area contributed by atoms with Crippen molar-refractivity contribution in [2.24, 2.45) is 0 Å². The van der Waals surface area contributed by atoms with Crippen LogP contribution in [0, 0.1) is 0 Å². The first-order valence-corrected chi connectivity index (χ1v) is 4.29. The highest BCUT2D eigenvalue weighted by molar-refractivity contribution is 5.26. The predicted octanol–water partition coefficient (Wildman–Crippen LogP) is 5.02. The first kappa shape index (κ1) is 18.0. The summed E-state index contributed by atoms with van der Waals surface area (Å²) in [5.41, 5.74) is -5.67. The minimum absolute atomic E-state index is 0.263. The predicted molar refractivity (Wildman–Crippen MR) is 40.4 cm³/mol. The zero-order chi connectivity index (χ0) is 15.9. The minimum Gasteiger partial charge on any atom is -0.191 e. The summed E-state index contributed by atoms with van der Waals surface area (Å²) in [5, 5.41) is 0. The molecule has 0 N–H and O–H groups in total. The van der Waals surface area contributed by atoms with Gasteiger partial charge in [0.15, 0.2) is 0 Å². The van der Waals surface area contributed by atoms with E-state index in [0.29, 0.717) is 0 Å². The molecule has 0 amide bonds. The Morgan fingerprint density at radius 3 is 1.32 bits per heavy atom. The quantitative estimate of drug-likeness (QED) is 0.496. The molecule has 0 saturated carbocycles. The average Bonchev–Trinajstić information content (AvgIpc) is 2.07. The van der Waals surface area contributed by atoms with E-state index in [1.54, 1.807) is 0 Å². The van der Waals surface area contributed by atoms with Crippen molar-refractivity contribution in [3.63, 3.8) is 0 Å². The molecule has 0 heterocycles. The van der Waals surface area contributed by atoms with Crippen LogP contribution in [0.15, 0.2) is 11.1 Å².